The molecule has 6 heteroatoms. The molecule has 3 rings (SSSR count). The van der Waals surface area contributed by atoms with Gasteiger partial charge < -0.3 is 5.32 Å². The van der Waals surface area contributed by atoms with Gasteiger partial charge in [-0.3, -0.25) is 4.79 Å². The van der Waals surface area contributed by atoms with Crippen LogP contribution < -0.4 is 5.32 Å². The number of thiophene rings is 1. The van der Waals surface area contributed by atoms with Crippen LogP contribution in [0.1, 0.15) is 55.2 Å². The molecule has 0 radical (unpaired) electrons. The molecule has 2 aromatic rings. The van der Waals surface area contributed by atoms with Crippen molar-refractivity contribution >= 4 is 51.5 Å². The topological polar surface area (TPSA) is 52.9 Å². The average Bonchev–Trinajstić information content (AvgIpc) is 3.03. The normalized spacial score (nSPS) is 16.5. The van der Waals surface area contributed by atoms with Gasteiger partial charge in [-0.25, -0.2) is 0 Å². The highest BCUT2D eigenvalue weighted by atomic mass is 35.5. The second-order valence-corrected chi connectivity index (χ2v) is 9.98. The molecule has 1 atom stereocenters. The van der Waals surface area contributed by atoms with Crippen LogP contribution >= 0.6 is 34.5 Å². The molecule has 0 bridgehead atoms. The smallest absolute Gasteiger partial charge is 0.249 e. The summed E-state index contributed by atoms with van der Waals surface area (Å²) < 4.78 is 0. The molecule has 0 aliphatic heterocycles. The summed E-state index contributed by atoms with van der Waals surface area (Å²) >= 11 is 13.8. The van der Waals surface area contributed by atoms with Crippen LogP contribution in [0.5, 0.6) is 0 Å². The first-order valence-electron chi connectivity index (χ1n) is 9.74. The fourth-order valence-electron chi connectivity index (χ4n) is 3.73. The molecular formula is C23H24Cl2N2OS. The first-order valence-corrected chi connectivity index (χ1v) is 11.3. The monoisotopic (exact) mass is 446 g/mol. The minimum atomic E-state index is -0.304. The number of benzene rings is 1. The van der Waals surface area contributed by atoms with Crippen molar-refractivity contribution in [2.24, 2.45) is 11.3 Å². The zero-order valence-corrected chi connectivity index (χ0v) is 19.1. The number of nitriles is 1. The Labute approximate surface area is 186 Å². The fourth-order valence-corrected chi connectivity index (χ4v) is 5.53. The Balaban J connectivity index is 1.80. The number of hydrogen-bond donors (Lipinski definition) is 1. The van der Waals surface area contributed by atoms with Crippen molar-refractivity contribution < 1.29 is 4.79 Å². The Bertz CT molecular complexity index is 981. The molecule has 1 aromatic carbocycles. The summed E-state index contributed by atoms with van der Waals surface area (Å²) in [5, 5.41) is 14.2. The van der Waals surface area contributed by atoms with Crippen LogP contribution in [0.4, 0.5) is 5.00 Å². The minimum Gasteiger partial charge on any atom is -0.313 e. The summed E-state index contributed by atoms with van der Waals surface area (Å²) in [5.74, 6) is 0.289. The predicted molar refractivity (Wildman–Crippen MR) is 123 cm³/mol. The van der Waals surface area contributed by atoms with Crippen LogP contribution in [0.3, 0.4) is 0 Å². The Kier molecular flexibility index (Phi) is 6.73. The van der Waals surface area contributed by atoms with Crippen LogP contribution in [-0.4, -0.2) is 5.91 Å². The number of rotatable bonds is 5. The maximum absolute atomic E-state index is 12.5. The van der Waals surface area contributed by atoms with Crippen LogP contribution in [0.25, 0.3) is 6.08 Å². The number of fused-ring (bicyclic) bond motifs is 1. The van der Waals surface area contributed by atoms with Gasteiger partial charge in [0, 0.05) is 26.6 Å². The average molecular weight is 447 g/mol. The first-order chi connectivity index (χ1) is 13.8. The lowest BCUT2D eigenvalue weighted by Gasteiger charge is -2.36. The van der Waals surface area contributed by atoms with Gasteiger partial charge in [-0.05, 0) is 54.4 Å². The second kappa shape index (κ2) is 8.92. The van der Waals surface area contributed by atoms with E-state index in [1.54, 1.807) is 24.3 Å². The van der Waals surface area contributed by atoms with Gasteiger partial charge in [-0.15, -0.1) is 11.3 Å². The highest BCUT2D eigenvalue weighted by molar-refractivity contribution is 7.16. The van der Waals surface area contributed by atoms with Crippen molar-refractivity contribution in [1.29, 1.82) is 5.26 Å². The molecule has 0 saturated heterocycles. The summed E-state index contributed by atoms with van der Waals surface area (Å²) in [6.07, 6.45) is 7.07. The van der Waals surface area contributed by atoms with Crippen molar-refractivity contribution in [2.75, 3.05) is 5.32 Å². The van der Waals surface area contributed by atoms with Gasteiger partial charge in [0.05, 0.1) is 5.56 Å². The van der Waals surface area contributed by atoms with E-state index in [2.05, 4.69) is 32.2 Å². The van der Waals surface area contributed by atoms with E-state index in [0.717, 1.165) is 31.2 Å². The highest BCUT2D eigenvalue weighted by Gasteiger charge is 2.34. The third-order valence-corrected chi connectivity index (χ3v) is 7.86. The molecule has 29 heavy (non-hydrogen) atoms. The third kappa shape index (κ3) is 4.69. The zero-order chi connectivity index (χ0) is 21.2. The number of halogens is 2. The zero-order valence-electron chi connectivity index (χ0n) is 16.8. The number of nitrogens with zero attached hydrogens (tertiary/aromatic N) is 1. The van der Waals surface area contributed by atoms with Gasteiger partial charge in [-0.1, -0.05) is 56.5 Å². The van der Waals surface area contributed by atoms with Crippen molar-refractivity contribution in [3.63, 3.8) is 0 Å². The summed E-state index contributed by atoms with van der Waals surface area (Å²) in [5.41, 5.74) is 2.58. The number of amides is 1. The molecule has 0 spiro atoms. The molecule has 1 aliphatic rings. The lowest BCUT2D eigenvalue weighted by molar-refractivity contribution is -0.111. The summed E-state index contributed by atoms with van der Waals surface area (Å²) in [6.45, 7) is 6.86. The Morgan fingerprint density at radius 2 is 2.07 bits per heavy atom. The maximum atomic E-state index is 12.5. The van der Waals surface area contributed by atoms with E-state index in [0.29, 0.717) is 32.1 Å². The Hall–Kier alpha value is -1.80. The third-order valence-electron chi connectivity index (χ3n) is 6.03. The SMILES string of the molecule is CCC(C)(C)C1CCc2c(sc(NC(=O)/C=C/c3c(Cl)cccc3Cl)c2C#N)C1. The number of anilines is 1. The van der Waals surface area contributed by atoms with Crippen molar-refractivity contribution in [3.8, 4) is 6.07 Å². The number of carbonyl (C=O) groups excluding carboxylic acids is 1. The van der Waals surface area contributed by atoms with Crippen LogP contribution in [-0.2, 0) is 17.6 Å². The standard InChI is InChI=1S/C23H24Cl2N2OS/c1-4-23(2,3)14-8-9-15-17(13-26)22(29-20(15)12-14)27-21(28)11-10-16-18(24)6-5-7-19(16)25/h5-7,10-11,14H,4,8-9,12H2,1-3H3,(H,27,28)/b11-10+. The Morgan fingerprint density at radius 3 is 2.69 bits per heavy atom. The number of hydrogen-bond acceptors (Lipinski definition) is 3. The second-order valence-electron chi connectivity index (χ2n) is 8.06. The van der Waals surface area contributed by atoms with E-state index in [-0.39, 0.29) is 11.3 Å². The largest absolute Gasteiger partial charge is 0.313 e. The molecule has 1 heterocycles. The highest BCUT2D eigenvalue weighted by Crippen LogP contribution is 2.45. The van der Waals surface area contributed by atoms with Crippen LogP contribution in [0.15, 0.2) is 24.3 Å². The molecule has 1 aliphatic carbocycles. The van der Waals surface area contributed by atoms with E-state index in [4.69, 9.17) is 23.2 Å². The predicted octanol–water partition coefficient (Wildman–Crippen LogP) is 7.12. The van der Waals surface area contributed by atoms with Crippen LogP contribution in [0, 0.1) is 22.7 Å². The van der Waals surface area contributed by atoms with Crippen LogP contribution in [0.2, 0.25) is 10.0 Å². The van der Waals surface area contributed by atoms with Gasteiger partial charge in [0.15, 0.2) is 0 Å². The van der Waals surface area contributed by atoms with Gasteiger partial charge >= 0.3 is 0 Å². The first kappa shape index (κ1) is 21.9. The molecule has 1 aromatic heterocycles. The van der Waals surface area contributed by atoms with Gasteiger partial charge in [0.25, 0.3) is 0 Å². The molecule has 1 N–H and O–H groups in total. The van der Waals surface area contributed by atoms with E-state index in [1.165, 1.54) is 22.3 Å². The van der Waals surface area contributed by atoms with E-state index >= 15 is 0 Å². The van der Waals surface area contributed by atoms with E-state index < -0.39 is 0 Å². The Morgan fingerprint density at radius 1 is 1.38 bits per heavy atom. The molecule has 0 fully saturated rings. The van der Waals surface area contributed by atoms with Crippen molar-refractivity contribution in [3.05, 3.63) is 55.9 Å². The maximum Gasteiger partial charge on any atom is 0.249 e. The van der Waals surface area contributed by atoms with Gasteiger partial charge in [0.2, 0.25) is 5.91 Å². The molecule has 152 valence electrons. The molecule has 0 saturated carbocycles. The van der Waals surface area contributed by atoms with E-state index in [9.17, 15) is 10.1 Å². The lowest BCUT2D eigenvalue weighted by atomic mass is 9.69. The molecule has 1 amide bonds. The summed E-state index contributed by atoms with van der Waals surface area (Å²) in [4.78, 5) is 13.7. The quantitative estimate of drug-likeness (QED) is 0.496. The fraction of sp³-hybridized carbons (Fsp3) is 0.391. The van der Waals surface area contributed by atoms with Gasteiger partial charge in [-0.2, -0.15) is 5.26 Å². The summed E-state index contributed by atoms with van der Waals surface area (Å²) in [7, 11) is 0. The van der Waals surface area contributed by atoms with Crippen molar-refractivity contribution in [2.45, 2.75) is 46.5 Å². The van der Waals surface area contributed by atoms with Crippen molar-refractivity contribution in [1.82, 2.24) is 0 Å². The van der Waals surface area contributed by atoms with Gasteiger partial charge in [0.1, 0.15) is 11.1 Å². The molecular weight excluding hydrogens is 423 g/mol. The lowest BCUT2D eigenvalue weighted by Crippen LogP contribution is -2.28. The number of nitrogens with one attached hydrogen (secondary N) is 1. The molecule has 3 nitrogen and oxygen atoms in total. The number of carbonyl (C=O) groups is 1. The molecule has 1 unspecified atom stereocenters. The minimum absolute atomic E-state index is 0.273. The van der Waals surface area contributed by atoms with E-state index in [1.807, 2.05) is 0 Å². The summed E-state index contributed by atoms with van der Waals surface area (Å²) in [6, 6.07) is 7.50.